The third kappa shape index (κ3) is 3.03. The minimum absolute atomic E-state index is 0.0938. The quantitative estimate of drug-likeness (QED) is 0.754. The van der Waals surface area contributed by atoms with Gasteiger partial charge in [-0.1, -0.05) is 12.1 Å². The lowest BCUT2D eigenvalue weighted by atomic mass is 10.2. The Bertz CT molecular complexity index is 350. The van der Waals surface area contributed by atoms with Gasteiger partial charge in [-0.15, -0.1) is 5.10 Å². The van der Waals surface area contributed by atoms with E-state index in [9.17, 15) is 4.79 Å². The fraction of sp³-hybridized carbons (Fsp3) is 0.700. The summed E-state index contributed by atoms with van der Waals surface area (Å²) < 4.78 is 1.45. The number of carbonyl (C=O) groups excluding carboxylic acids is 1. The third-order valence-electron chi connectivity index (χ3n) is 2.50. The Hall–Kier alpha value is -1.43. The maximum atomic E-state index is 11.7. The number of nitrogens with zero attached hydrogens (tertiary/aromatic N) is 3. The average molecular weight is 226 g/mol. The molecule has 0 aliphatic heterocycles. The van der Waals surface area contributed by atoms with Gasteiger partial charge in [-0.3, -0.25) is 4.79 Å². The second-order valence-corrected chi connectivity index (χ2v) is 3.84. The van der Waals surface area contributed by atoms with Crippen LogP contribution < -0.4 is 5.32 Å². The van der Waals surface area contributed by atoms with Crippen molar-refractivity contribution >= 4 is 5.91 Å². The lowest BCUT2D eigenvalue weighted by Crippen LogP contribution is -2.37. The molecule has 0 radical (unpaired) electrons. The molecule has 0 bridgehead atoms. The predicted molar refractivity (Wildman–Crippen MR) is 58.6 cm³/mol. The van der Waals surface area contributed by atoms with E-state index in [0.717, 1.165) is 6.42 Å². The van der Waals surface area contributed by atoms with E-state index in [-0.39, 0.29) is 18.6 Å². The zero-order valence-corrected chi connectivity index (χ0v) is 9.84. The largest absolute Gasteiger partial charge is 0.390 e. The van der Waals surface area contributed by atoms with Crippen molar-refractivity contribution in [3.8, 4) is 0 Å². The van der Waals surface area contributed by atoms with Gasteiger partial charge in [0, 0.05) is 6.04 Å². The van der Waals surface area contributed by atoms with Crippen LogP contribution in [0.15, 0.2) is 6.20 Å². The second kappa shape index (κ2) is 5.60. The summed E-state index contributed by atoms with van der Waals surface area (Å²) in [6.07, 6.45) is 2.46. The van der Waals surface area contributed by atoms with Crippen molar-refractivity contribution in [2.75, 3.05) is 0 Å². The van der Waals surface area contributed by atoms with Crippen molar-refractivity contribution in [2.24, 2.45) is 0 Å². The molecule has 2 atom stereocenters. The molecule has 0 aromatic carbocycles. The first-order chi connectivity index (χ1) is 7.58. The summed E-state index contributed by atoms with van der Waals surface area (Å²) in [5.41, 5.74) is 0.461. The highest BCUT2D eigenvalue weighted by atomic mass is 16.3. The van der Waals surface area contributed by atoms with Crippen LogP contribution in [0, 0.1) is 0 Å². The number of aliphatic hydroxyl groups is 1. The van der Waals surface area contributed by atoms with Crippen LogP contribution in [-0.2, 0) is 11.4 Å². The van der Waals surface area contributed by atoms with E-state index in [1.165, 1.54) is 4.68 Å². The molecule has 1 heterocycles. The van der Waals surface area contributed by atoms with Gasteiger partial charge in [0.05, 0.1) is 12.8 Å². The van der Waals surface area contributed by atoms with E-state index in [4.69, 9.17) is 5.11 Å². The Labute approximate surface area is 94.7 Å². The van der Waals surface area contributed by atoms with Crippen LogP contribution in [0.2, 0.25) is 0 Å². The van der Waals surface area contributed by atoms with Crippen LogP contribution in [0.25, 0.3) is 0 Å². The maximum Gasteiger partial charge on any atom is 0.244 e. The molecule has 1 aromatic rings. The lowest BCUT2D eigenvalue weighted by Gasteiger charge is -2.15. The Balaban J connectivity index is 2.62. The van der Waals surface area contributed by atoms with Crippen molar-refractivity contribution in [3.63, 3.8) is 0 Å². The summed E-state index contributed by atoms with van der Waals surface area (Å²) in [5.74, 6) is -0.0938. The van der Waals surface area contributed by atoms with Crippen LogP contribution in [0.1, 0.15) is 38.9 Å². The molecule has 0 saturated heterocycles. The van der Waals surface area contributed by atoms with Crippen LogP contribution in [-0.4, -0.2) is 32.0 Å². The van der Waals surface area contributed by atoms with Gasteiger partial charge in [0.25, 0.3) is 0 Å². The number of carbonyl (C=O) groups is 1. The van der Waals surface area contributed by atoms with E-state index in [2.05, 4.69) is 15.6 Å². The van der Waals surface area contributed by atoms with Gasteiger partial charge >= 0.3 is 0 Å². The molecule has 1 rings (SSSR count). The van der Waals surface area contributed by atoms with Crippen molar-refractivity contribution < 1.29 is 9.90 Å². The molecule has 0 saturated carbocycles. The van der Waals surface area contributed by atoms with Gasteiger partial charge in [-0.05, 0) is 20.3 Å². The van der Waals surface area contributed by atoms with Crippen LogP contribution in [0.5, 0.6) is 0 Å². The zero-order valence-electron chi connectivity index (χ0n) is 9.84. The van der Waals surface area contributed by atoms with Crippen LogP contribution in [0.4, 0.5) is 0 Å². The number of amides is 1. The molecule has 1 aromatic heterocycles. The van der Waals surface area contributed by atoms with Gasteiger partial charge in [0.2, 0.25) is 5.91 Å². The standard InChI is InChI=1S/C10H18N4O2/c1-4-7(2)11-10(16)8(3)14-5-9(6-15)12-13-14/h5,7-8,15H,4,6H2,1-3H3,(H,11,16). The molecular weight excluding hydrogens is 208 g/mol. The minimum Gasteiger partial charge on any atom is -0.390 e. The number of hydrogen-bond acceptors (Lipinski definition) is 4. The molecule has 0 aliphatic carbocycles. The van der Waals surface area contributed by atoms with Gasteiger partial charge in [-0.25, -0.2) is 4.68 Å². The third-order valence-corrected chi connectivity index (χ3v) is 2.50. The number of nitrogens with one attached hydrogen (secondary N) is 1. The number of hydrogen-bond donors (Lipinski definition) is 2. The van der Waals surface area contributed by atoms with E-state index in [1.54, 1.807) is 13.1 Å². The normalized spacial score (nSPS) is 14.5. The molecule has 1 amide bonds. The molecule has 0 aliphatic rings. The SMILES string of the molecule is CCC(C)NC(=O)C(C)n1cc(CO)nn1. The highest BCUT2D eigenvalue weighted by Crippen LogP contribution is 2.05. The van der Waals surface area contributed by atoms with E-state index in [0.29, 0.717) is 5.69 Å². The van der Waals surface area contributed by atoms with Crippen molar-refractivity contribution in [3.05, 3.63) is 11.9 Å². The lowest BCUT2D eigenvalue weighted by molar-refractivity contribution is -0.124. The summed E-state index contributed by atoms with van der Waals surface area (Å²) in [7, 11) is 0. The first-order valence-electron chi connectivity index (χ1n) is 5.40. The summed E-state index contributed by atoms with van der Waals surface area (Å²) in [6, 6.07) is -0.266. The average Bonchev–Trinajstić information content (AvgIpc) is 2.76. The van der Waals surface area contributed by atoms with E-state index in [1.807, 2.05) is 13.8 Å². The Morgan fingerprint density at radius 2 is 2.31 bits per heavy atom. The first kappa shape index (κ1) is 12.6. The molecule has 2 unspecified atom stereocenters. The molecule has 90 valence electrons. The first-order valence-corrected chi connectivity index (χ1v) is 5.40. The molecular formula is C10H18N4O2. The highest BCUT2D eigenvalue weighted by molar-refractivity contribution is 5.79. The molecule has 0 fully saturated rings. The van der Waals surface area contributed by atoms with Crippen molar-refractivity contribution in [1.29, 1.82) is 0 Å². The highest BCUT2D eigenvalue weighted by Gasteiger charge is 2.17. The number of rotatable bonds is 5. The second-order valence-electron chi connectivity index (χ2n) is 3.84. The number of aliphatic hydroxyl groups excluding tert-OH is 1. The fourth-order valence-corrected chi connectivity index (χ4v) is 1.16. The summed E-state index contributed by atoms with van der Waals surface area (Å²) in [5, 5.41) is 19.2. The van der Waals surface area contributed by atoms with Gasteiger partial charge in [0.1, 0.15) is 11.7 Å². The van der Waals surface area contributed by atoms with Crippen LogP contribution >= 0.6 is 0 Å². The van der Waals surface area contributed by atoms with Crippen LogP contribution in [0.3, 0.4) is 0 Å². The molecule has 6 heteroatoms. The van der Waals surface area contributed by atoms with Crippen molar-refractivity contribution in [2.45, 2.75) is 45.9 Å². The Kier molecular flexibility index (Phi) is 4.42. The van der Waals surface area contributed by atoms with E-state index < -0.39 is 6.04 Å². The van der Waals surface area contributed by atoms with Gasteiger partial charge in [0.15, 0.2) is 0 Å². The molecule has 6 nitrogen and oxygen atoms in total. The minimum atomic E-state index is -0.415. The molecule has 0 spiro atoms. The summed E-state index contributed by atoms with van der Waals surface area (Å²) in [6.45, 7) is 5.54. The number of aromatic nitrogens is 3. The fourth-order valence-electron chi connectivity index (χ4n) is 1.16. The molecule has 2 N–H and O–H groups in total. The Morgan fingerprint density at radius 1 is 1.62 bits per heavy atom. The summed E-state index contributed by atoms with van der Waals surface area (Å²) >= 11 is 0. The maximum absolute atomic E-state index is 11.7. The van der Waals surface area contributed by atoms with Gasteiger partial charge in [-0.2, -0.15) is 0 Å². The predicted octanol–water partition coefficient (Wildman–Crippen LogP) is 0.246. The zero-order chi connectivity index (χ0) is 12.1. The molecule has 16 heavy (non-hydrogen) atoms. The van der Waals surface area contributed by atoms with E-state index >= 15 is 0 Å². The topological polar surface area (TPSA) is 80.0 Å². The monoisotopic (exact) mass is 226 g/mol. The van der Waals surface area contributed by atoms with Crippen molar-refractivity contribution in [1.82, 2.24) is 20.3 Å². The summed E-state index contributed by atoms with van der Waals surface area (Å²) in [4.78, 5) is 11.7. The van der Waals surface area contributed by atoms with Gasteiger partial charge < -0.3 is 10.4 Å². The smallest absolute Gasteiger partial charge is 0.244 e. The Morgan fingerprint density at radius 3 is 2.81 bits per heavy atom.